The van der Waals surface area contributed by atoms with Crippen molar-refractivity contribution in [3.63, 3.8) is 0 Å². The van der Waals surface area contributed by atoms with Gasteiger partial charge in [0.15, 0.2) is 6.10 Å². The Morgan fingerprint density at radius 2 is 2.16 bits per heavy atom. The highest BCUT2D eigenvalue weighted by Gasteiger charge is 2.31. The maximum Gasteiger partial charge on any atom is 0.332 e. The molecule has 0 aromatic carbocycles. The SMILES string of the molecule is NC(=O)C1COCCN1C(=O)NCC[C@H](O)C(=O)O. The van der Waals surface area contributed by atoms with Gasteiger partial charge in [0.2, 0.25) is 5.91 Å². The lowest BCUT2D eigenvalue weighted by atomic mass is 10.2. The number of nitrogens with one attached hydrogen (secondary N) is 1. The summed E-state index contributed by atoms with van der Waals surface area (Å²) in [6, 6.07) is -1.37. The Balaban J connectivity index is 2.43. The van der Waals surface area contributed by atoms with Gasteiger partial charge in [-0.25, -0.2) is 9.59 Å². The van der Waals surface area contributed by atoms with E-state index in [2.05, 4.69) is 5.32 Å². The number of nitrogens with two attached hydrogens (primary N) is 1. The molecule has 2 atom stereocenters. The smallest absolute Gasteiger partial charge is 0.332 e. The fraction of sp³-hybridized carbons (Fsp3) is 0.700. The number of hydrogen-bond donors (Lipinski definition) is 4. The van der Waals surface area contributed by atoms with Crippen LogP contribution in [0.3, 0.4) is 0 Å². The van der Waals surface area contributed by atoms with E-state index >= 15 is 0 Å². The van der Waals surface area contributed by atoms with Crippen molar-refractivity contribution in [1.82, 2.24) is 10.2 Å². The van der Waals surface area contributed by atoms with E-state index in [1.807, 2.05) is 0 Å². The van der Waals surface area contributed by atoms with Gasteiger partial charge < -0.3 is 30.9 Å². The van der Waals surface area contributed by atoms with Crippen LogP contribution in [0.2, 0.25) is 0 Å². The molecule has 108 valence electrons. The van der Waals surface area contributed by atoms with Crippen LogP contribution in [0.1, 0.15) is 6.42 Å². The number of amides is 3. The van der Waals surface area contributed by atoms with E-state index in [4.69, 9.17) is 20.7 Å². The zero-order chi connectivity index (χ0) is 14.4. The van der Waals surface area contributed by atoms with Gasteiger partial charge in [-0.2, -0.15) is 0 Å². The highest BCUT2D eigenvalue weighted by Crippen LogP contribution is 2.06. The summed E-state index contributed by atoms with van der Waals surface area (Å²) in [5, 5.41) is 19.9. The number of nitrogens with zero attached hydrogens (tertiary/aromatic N) is 1. The van der Waals surface area contributed by atoms with Crippen LogP contribution in [0.15, 0.2) is 0 Å². The molecule has 5 N–H and O–H groups in total. The Hall–Kier alpha value is -1.87. The van der Waals surface area contributed by atoms with Gasteiger partial charge in [0.05, 0.1) is 13.2 Å². The first-order chi connectivity index (χ1) is 8.93. The van der Waals surface area contributed by atoms with E-state index in [1.165, 1.54) is 4.90 Å². The highest BCUT2D eigenvalue weighted by atomic mass is 16.5. The maximum atomic E-state index is 11.8. The van der Waals surface area contributed by atoms with E-state index in [9.17, 15) is 14.4 Å². The summed E-state index contributed by atoms with van der Waals surface area (Å²) >= 11 is 0. The van der Waals surface area contributed by atoms with Crippen LogP contribution in [0, 0.1) is 0 Å². The molecule has 19 heavy (non-hydrogen) atoms. The highest BCUT2D eigenvalue weighted by molar-refractivity contribution is 5.86. The number of ether oxygens (including phenoxy) is 1. The van der Waals surface area contributed by atoms with Crippen molar-refractivity contribution in [2.75, 3.05) is 26.3 Å². The molecule has 0 radical (unpaired) electrons. The largest absolute Gasteiger partial charge is 0.479 e. The second-order valence-corrected chi connectivity index (χ2v) is 4.06. The number of hydrogen-bond acceptors (Lipinski definition) is 5. The van der Waals surface area contributed by atoms with Crippen molar-refractivity contribution in [3.05, 3.63) is 0 Å². The van der Waals surface area contributed by atoms with E-state index in [1.54, 1.807) is 0 Å². The molecule has 0 aromatic rings. The molecular formula is C10H17N3O6. The number of carboxylic acid groups (broad SMARTS) is 1. The Bertz CT molecular complexity index is 361. The molecule has 9 heteroatoms. The van der Waals surface area contributed by atoms with Crippen molar-refractivity contribution >= 4 is 17.9 Å². The summed E-state index contributed by atoms with van der Waals surface area (Å²) in [5.74, 6) is -2.02. The molecule has 0 aromatic heterocycles. The molecule has 1 heterocycles. The Morgan fingerprint density at radius 1 is 1.47 bits per heavy atom. The van der Waals surface area contributed by atoms with Crippen molar-refractivity contribution in [3.8, 4) is 0 Å². The van der Waals surface area contributed by atoms with Crippen LogP contribution in [0.5, 0.6) is 0 Å². The lowest BCUT2D eigenvalue weighted by Gasteiger charge is -2.33. The molecule has 0 aliphatic carbocycles. The Kier molecular flexibility index (Phi) is 5.52. The number of aliphatic carboxylic acids is 1. The van der Waals surface area contributed by atoms with Crippen LogP contribution in [0.4, 0.5) is 4.79 Å². The maximum absolute atomic E-state index is 11.8. The second kappa shape index (κ2) is 6.90. The Labute approximate surface area is 109 Å². The van der Waals surface area contributed by atoms with Gasteiger partial charge in [0.25, 0.3) is 0 Å². The average molecular weight is 275 g/mol. The fourth-order valence-corrected chi connectivity index (χ4v) is 1.62. The monoisotopic (exact) mass is 275 g/mol. The van der Waals surface area contributed by atoms with E-state index in [-0.39, 0.29) is 26.1 Å². The number of carbonyl (C=O) groups excluding carboxylic acids is 2. The van der Waals surface area contributed by atoms with Gasteiger partial charge >= 0.3 is 12.0 Å². The normalized spacial score (nSPS) is 20.7. The summed E-state index contributed by atoms with van der Waals surface area (Å²) in [5.41, 5.74) is 5.15. The zero-order valence-electron chi connectivity index (χ0n) is 10.2. The lowest BCUT2D eigenvalue weighted by molar-refractivity contribution is -0.146. The number of carboxylic acids is 1. The molecule has 0 bridgehead atoms. The third kappa shape index (κ3) is 4.38. The van der Waals surface area contributed by atoms with E-state index < -0.39 is 30.1 Å². The van der Waals surface area contributed by atoms with Crippen LogP contribution in [-0.2, 0) is 14.3 Å². The molecule has 1 rings (SSSR count). The lowest BCUT2D eigenvalue weighted by Crippen LogP contribution is -2.57. The summed E-state index contributed by atoms with van der Waals surface area (Å²) in [4.78, 5) is 34.5. The molecule has 1 aliphatic rings. The van der Waals surface area contributed by atoms with Crippen LogP contribution in [0.25, 0.3) is 0 Å². The number of urea groups is 1. The topological polar surface area (TPSA) is 142 Å². The number of aliphatic hydroxyl groups excluding tert-OH is 1. The summed E-state index contributed by atoms with van der Waals surface area (Å²) in [7, 11) is 0. The van der Waals surface area contributed by atoms with Gasteiger partial charge in [-0.15, -0.1) is 0 Å². The van der Waals surface area contributed by atoms with Gasteiger partial charge in [-0.1, -0.05) is 0 Å². The number of aliphatic hydroxyl groups is 1. The van der Waals surface area contributed by atoms with Crippen LogP contribution in [-0.4, -0.2) is 71.5 Å². The molecule has 9 nitrogen and oxygen atoms in total. The predicted octanol–water partition coefficient (Wildman–Crippen LogP) is -2.28. The van der Waals surface area contributed by atoms with Gasteiger partial charge in [0, 0.05) is 19.5 Å². The Morgan fingerprint density at radius 3 is 2.74 bits per heavy atom. The molecule has 0 spiro atoms. The summed E-state index contributed by atoms with van der Waals surface area (Å²) < 4.78 is 5.06. The number of rotatable bonds is 5. The average Bonchev–Trinajstić information content (AvgIpc) is 2.38. The number of carbonyl (C=O) groups is 3. The first kappa shape index (κ1) is 15.2. The number of primary amides is 1. The summed E-state index contributed by atoms with van der Waals surface area (Å²) in [6.45, 7) is 0.547. The predicted molar refractivity (Wildman–Crippen MR) is 62.2 cm³/mol. The first-order valence-corrected chi connectivity index (χ1v) is 5.76. The van der Waals surface area contributed by atoms with Crippen LogP contribution >= 0.6 is 0 Å². The van der Waals surface area contributed by atoms with Crippen molar-refractivity contribution in [2.45, 2.75) is 18.6 Å². The van der Waals surface area contributed by atoms with Gasteiger partial charge in [-0.05, 0) is 0 Å². The van der Waals surface area contributed by atoms with Crippen LogP contribution < -0.4 is 11.1 Å². The molecule has 3 amide bonds. The minimum atomic E-state index is -1.53. The third-order valence-corrected chi connectivity index (χ3v) is 2.70. The molecule has 1 aliphatic heterocycles. The first-order valence-electron chi connectivity index (χ1n) is 5.76. The van der Waals surface area contributed by atoms with E-state index in [0.717, 1.165) is 0 Å². The molecular weight excluding hydrogens is 258 g/mol. The van der Waals surface area contributed by atoms with Gasteiger partial charge in [0.1, 0.15) is 6.04 Å². The molecule has 1 fully saturated rings. The fourth-order valence-electron chi connectivity index (χ4n) is 1.62. The quantitative estimate of drug-likeness (QED) is 0.445. The van der Waals surface area contributed by atoms with E-state index in [0.29, 0.717) is 6.61 Å². The molecule has 1 saturated heterocycles. The minimum Gasteiger partial charge on any atom is -0.479 e. The van der Waals surface area contributed by atoms with Crippen molar-refractivity contribution in [1.29, 1.82) is 0 Å². The summed E-state index contributed by atoms with van der Waals surface area (Å²) in [6.07, 6.45) is -1.65. The third-order valence-electron chi connectivity index (χ3n) is 2.70. The zero-order valence-corrected chi connectivity index (χ0v) is 10.2. The second-order valence-electron chi connectivity index (χ2n) is 4.06. The van der Waals surface area contributed by atoms with Gasteiger partial charge in [-0.3, -0.25) is 4.79 Å². The molecule has 0 saturated carbocycles. The number of morpholine rings is 1. The van der Waals surface area contributed by atoms with Crippen molar-refractivity contribution in [2.24, 2.45) is 5.73 Å². The molecule has 1 unspecified atom stereocenters. The minimum absolute atomic E-state index is 0.0187. The van der Waals surface area contributed by atoms with Crippen molar-refractivity contribution < 1.29 is 29.3 Å². The standard InChI is InChI=1S/C10H17N3O6/c11-8(15)6-5-19-4-3-13(6)10(18)12-2-1-7(14)9(16)17/h6-7,14H,1-5H2,(H2,11,15)(H,12,18)(H,16,17)/t6?,7-/m0/s1.